The predicted octanol–water partition coefficient (Wildman–Crippen LogP) is 2.80. The summed E-state index contributed by atoms with van der Waals surface area (Å²) in [6, 6.07) is 5.80. The number of fused-ring (bicyclic) bond motifs is 1. The SMILES string of the molecule is CCNCc1cncc(-c2ccc3[nH]nc(-c4ncc(C(=O)NC(C)CO)[nH]4)c3c2)c1CC. The first kappa shape index (κ1) is 22.6. The van der Waals surface area contributed by atoms with Gasteiger partial charge in [-0.2, -0.15) is 5.10 Å². The van der Waals surface area contributed by atoms with Crippen molar-refractivity contribution in [3.63, 3.8) is 0 Å². The minimum absolute atomic E-state index is 0.135. The van der Waals surface area contributed by atoms with E-state index < -0.39 is 0 Å². The second-order valence-corrected chi connectivity index (χ2v) is 7.99. The van der Waals surface area contributed by atoms with Gasteiger partial charge in [-0.05, 0) is 48.7 Å². The standard InChI is InChI=1S/C24H29N7O2/c1-4-17-16(9-25-5-2)10-26-11-19(17)15-6-7-20-18(8-15)22(31-30-20)23-27-12-21(29-23)24(33)28-14(3)13-32/h6-8,10-12,14,25,32H,4-5,9,13H2,1-3H3,(H,27,29)(H,28,33)(H,30,31). The third-order valence-electron chi connectivity index (χ3n) is 5.64. The number of carbonyl (C=O) groups excluding carboxylic acids is 1. The van der Waals surface area contributed by atoms with Crippen LogP contribution in [0.3, 0.4) is 0 Å². The maximum atomic E-state index is 12.3. The number of aliphatic hydroxyl groups excluding tert-OH is 1. The molecule has 1 amide bonds. The number of aromatic amines is 2. The molecule has 0 aliphatic carbocycles. The molecule has 4 rings (SSSR count). The average Bonchev–Trinajstić information content (AvgIpc) is 3.49. The molecular formula is C24H29N7O2. The second kappa shape index (κ2) is 9.93. The zero-order valence-corrected chi connectivity index (χ0v) is 19.1. The zero-order valence-electron chi connectivity index (χ0n) is 19.1. The highest BCUT2D eigenvalue weighted by Gasteiger charge is 2.17. The highest BCUT2D eigenvalue weighted by atomic mass is 16.3. The molecular weight excluding hydrogens is 418 g/mol. The van der Waals surface area contributed by atoms with E-state index in [1.54, 1.807) is 6.92 Å². The van der Waals surface area contributed by atoms with Crippen molar-refractivity contribution in [1.29, 1.82) is 0 Å². The molecule has 0 fully saturated rings. The fourth-order valence-electron chi connectivity index (χ4n) is 3.88. The lowest BCUT2D eigenvalue weighted by Gasteiger charge is -2.13. The summed E-state index contributed by atoms with van der Waals surface area (Å²) in [6.07, 6.45) is 6.22. The van der Waals surface area contributed by atoms with Gasteiger partial charge < -0.3 is 20.7 Å². The molecule has 172 valence electrons. The van der Waals surface area contributed by atoms with Gasteiger partial charge in [0.25, 0.3) is 5.91 Å². The Morgan fingerprint density at radius 2 is 2.06 bits per heavy atom. The van der Waals surface area contributed by atoms with E-state index in [9.17, 15) is 4.79 Å². The number of hydrogen-bond donors (Lipinski definition) is 5. The van der Waals surface area contributed by atoms with Gasteiger partial charge in [0.15, 0.2) is 5.82 Å². The number of pyridine rings is 1. The number of carbonyl (C=O) groups is 1. The van der Waals surface area contributed by atoms with Crippen molar-refractivity contribution in [2.75, 3.05) is 13.2 Å². The number of nitrogens with zero attached hydrogens (tertiary/aromatic N) is 3. The molecule has 0 radical (unpaired) electrons. The molecule has 0 aliphatic rings. The number of benzene rings is 1. The molecule has 1 unspecified atom stereocenters. The quantitative estimate of drug-likeness (QED) is 0.268. The van der Waals surface area contributed by atoms with Crippen molar-refractivity contribution in [3.05, 3.63) is 53.6 Å². The van der Waals surface area contributed by atoms with E-state index in [0.29, 0.717) is 17.2 Å². The number of hydrogen-bond acceptors (Lipinski definition) is 6. The van der Waals surface area contributed by atoms with Crippen LogP contribution in [0.1, 0.15) is 42.4 Å². The Morgan fingerprint density at radius 3 is 2.82 bits per heavy atom. The number of amides is 1. The molecule has 0 spiro atoms. The molecule has 1 atom stereocenters. The summed E-state index contributed by atoms with van der Waals surface area (Å²) < 4.78 is 0. The maximum Gasteiger partial charge on any atom is 0.269 e. The Balaban J connectivity index is 1.71. The monoisotopic (exact) mass is 447 g/mol. The van der Waals surface area contributed by atoms with Crippen molar-refractivity contribution in [1.82, 2.24) is 35.8 Å². The first-order chi connectivity index (χ1) is 16.0. The van der Waals surface area contributed by atoms with Gasteiger partial charge in [0.1, 0.15) is 11.4 Å². The normalized spacial score (nSPS) is 12.2. The van der Waals surface area contributed by atoms with Gasteiger partial charge in [-0.15, -0.1) is 0 Å². The van der Waals surface area contributed by atoms with Crippen LogP contribution in [0.5, 0.6) is 0 Å². The zero-order chi connectivity index (χ0) is 23.4. The van der Waals surface area contributed by atoms with Crippen LogP contribution in [-0.2, 0) is 13.0 Å². The van der Waals surface area contributed by atoms with E-state index in [1.807, 2.05) is 18.5 Å². The summed E-state index contributed by atoms with van der Waals surface area (Å²) >= 11 is 0. The maximum absolute atomic E-state index is 12.3. The van der Waals surface area contributed by atoms with Crippen LogP contribution >= 0.6 is 0 Å². The molecule has 4 aromatic rings. The molecule has 3 aromatic heterocycles. The molecule has 3 heterocycles. The van der Waals surface area contributed by atoms with E-state index >= 15 is 0 Å². The number of rotatable bonds is 9. The largest absolute Gasteiger partial charge is 0.394 e. The highest BCUT2D eigenvalue weighted by Crippen LogP contribution is 2.32. The molecule has 0 aliphatic heterocycles. The molecule has 9 heteroatoms. The van der Waals surface area contributed by atoms with Crippen LogP contribution in [0.2, 0.25) is 0 Å². The molecule has 0 saturated carbocycles. The van der Waals surface area contributed by atoms with E-state index in [1.165, 1.54) is 17.3 Å². The summed E-state index contributed by atoms with van der Waals surface area (Å²) in [4.78, 5) is 24.2. The van der Waals surface area contributed by atoms with Gasteiger partial charge in [0.2, 0.25) is 0 Å². The number of nitrogens with one attached hydrogen (secondary N) is 4. The highest BCUT2D eigenvalue weighted by molar-refractivity contribution is 5.96. The topological polar surface area (TPSA) is 132 Å². The van der Waals surface area contributed by atoms with Crippen LogP contribution in [0, 0.1) is 0 Å². The Hall–Kier alpha value is -3.56. The van der Waals surface area contributed by atoms with E-state index in [-0.39, 0.29) is 18.6 Å². The smallest absolute Gasteiger partial charge is 0.269 e. The lowest BCUT2D eigenvalue weighted by Crippen LogP contribution is -2.35. The van der Waals surface area contributed by atoms with Gasteiger partial charge in [-0.25, -0.2) is 4.98 Å². The summed E-state index contributed by atoms with van der Waals surface area (Å²) in [5, 5.41) is 23.6. The van der Waals surface area contributed by atoms with E-state index in [2.05, 4.69) is 61.8 Å². The first-order valence-corrected chi connectivity index (χ1v) is 11.2. The summed E-state index contributed by atoms with van der Waals surface area (Å²) in [6.45, 7) is 7.53. The lowest BCUT2D eigenvalue weighted by molar-refractivity contribution is 0.0918. The summed E-state index contributed by atoms with van der Waals surface area (Å²) in [5.41, 5.74) is 6.43. The lowest BCUT2D eigenvalue weighted by atomic mass is 9.95. The van der Waals surface area contributed by atoms with E-state index in [0.717, 1.165) is 41.5 Å². The van der Waals surface area contributed by atoms with Crippen molar-refractivity contribution >= 4 is 16.8 Å². The molecule has 9 nitrogen and oxygen atoms in total. The number of aromatic nitrogens is 5. The third-order valence-corrected chi connectivity index (χ3v) is 5.64. The molecule has 0 saturated heterocycles. The van der Waals surface area contributed by atoms with Gasteiger partial charge in [-0.1, -0.05) is 19.9 Å². The van der Waals surface area contributed by atoms with Crippen LogP contribution < -0.4 is 10.6 Å². The van der Waals surface area contributed by atoms with Gasteiger partial charge in [-0.3, -0.25) is 14.9 Å². The third kappa shape index (κ3) is 4.64. The Bertz CT molecular complexity index is 1260. The predicted molar refractivity (Wildman–Crippen MR) is 128 cm³/mol. The minimum atomic E-state index is -0.345. The van der Waals surface area contributed by atoms with Gasteiger partial charge >= 0.3 is 0 Å². The van der Waals surface area contributed by atoms with E-state index in [4.69, 9.17) is 5.11 Å². The Labute approximate surface area is 192 Å². The van der Waals surface area contributed by atoms with Gasteiger partial charge in [0, 0.05) is 35.9 Å². The van der Waals surface area contributed by atoms with Crippen LogP contribution in [-0.4, -0.2) is 55.4 Å². The summed E-state index contributed by atoms with van der Waals surface area (Å²) in [5.74, 6) is 0.168. The van der Waals surface area contributed by atoms with Crippen LogP contribution in [0.4, 0.5) is 0 Å². The van der Waals surface area contributed by atoms with Gasteiger partial charge in [0.05, 0.1) is 18.3 Å². The number of aliphatic hydroxyl groups is 1. The van der Waals surface area contributed by atoms with Crippen LogP contribution in [0.25, 0.3) is 33.5 Å². The second-order valence-electron chi connectivity index (χ2n) is 7.99. The summed E-state index contributed by atoms with van der Waals surface area (Å²) in [7, 11) is 0. The van der Waals surface area contributed by atoms with Crippen molar-refractivity contribution in [2.45, 2.75) is 39.8 Å². The fourth-order valence-corrected chi connectivity index (χ4v) is 3.88. The number of imidazole rings is 1. The average molecular weight is 448 g/mol. The van der Waals surface area contributed by atoms with Crippen LogP contribution in [0.15, 0.2) is 36.8 Å². The first-order valence-electron chi connectivity index (χ1n) is 11.2. The Kier molecular flexibility index (Phi) is 6.81. The molecule has 1 aromatic carbocycles. The van der Waals surface area contributed by atoms with Crippen molar-refractivity contribution in [3.8, 4) is 22.6 Å². The fraction of sp³-hybridized carbons (Fsp3) is 0.333. The molecule has 5 N–H and O–H groups in total. The van der Waals surface area contributed by atoms with Crippen molar-refractivity contribution < 1.29 is 9.90 Å². The molecule has 0 bridgehead atoms. The number of H-pyrrole nitrogens is 2. The Morgan fingerprint density at radius 1 is 1.21 bits per heavy atom. The minimum Gasteiger partial charge on any atom is -0.394 e. The van der Waals surface area contributed by atoms with Crippen molar-refractivity contribution in [2.24, 2.45) is 0 Å². The molecule has 33 heavy (non-hydrogen) atoms.